The summed E-state index contributed by atoms with van der Waals surface area (Å²) in [5.41, 5.74) is 1.12. The number of nitrogens with zero attached hydrogens (tertiary/aromatic N) is 2. The van der Waals surface area contributed by atoms with Gasteiger partial charge in [-0.05, 0) is 48.7 Å². The first-order valence-electron chi connectivity index (χ1n) is 9.30. The van der Waals surface area contributed by atoms with Crippen molar-refractivity contribution in [1.29, 1.82) is 0 Å². The van der Waals surface area contributed by atoms with Gasteiger partial charge in [-0.25, -0.2) is 0 Å². The van der Waals surface area contributed by atoms with Gasteiger partial charge < -0.3 is 14.4 Å². The minimum Gasteiger partial charge on any atom is -0.497 e. The van der Waals surface area contributed by atoms with E-state index in [4.69, 9.17) is 9.47 Å². The van der Waals surface area contributed by atoms with Crippen molar-refractivity contribution < 1.29 is 14.3 Å². The van der Waals surface area contributed by atoms with E-state index in [2.05, 4.69) is 28.0 Å². The molecule has 0 saturated carbocycles. The third-order valence-electron chi connectivity index (χ3n) is 5.89. The average Bonchev–Trinajstić information content (AvgIpc) is 3.14. The van der Waals surface area contributed by atoms with Crippen molar-refractivity contribution in [2.45, 2.75) is 38.4 Å². The summed E-state index contributed by atoms with van der Waals surface area (Å²) in [5, 5.41) is 2.28. The Bertz CT molecular complexity index is 830. The first-order chi connectivity index (χ1) is 12.6. The fraction of sp³-hybridized carbons (Fsp3) is 0.476. The number of carbonyl (C=O) groups is 1. The lowest BCUT2D eigenvalue weighted by atomic mass is 10.00. The molecule has 0 N–H and O–H groups in total. The molecule has 0 bridgehead atoms. The van der Waals surface area contributed by atoms with Crippen LogP contribution in [-0.4, -0.2) is 55.1 Å². The molecule has 0 aliphatic carbocycles. The van der Waals surface area contributed by atoms with Crippen molar-refractivity contribution >= 4 is 16.7 Å². The van der Waals surface area contributed by atoms with Gasteiger partial charge in [-0.2, -0.15) is 0 Å². The maximum absolute atomic E-state index is 12.8. The molecule has 0 aromatic heterocycles. The van der Waals surface area contributed by atoms with Crippen molar-refractivity contribution in [2.24, 2.45) is 0 Å². The monoisotopic (exact) mass is 354 g/mol. The summed E-state index contributed by atoms with van der Waals surface area (Å²) in [6, 6.07) is 10.4. The van der Waals surface area contributed by atoms with E-state index in [1.54, 1.807) is 14.2 Å². The van der Waals surface area contributed by atoms with Crippen LogP contribution < -0.4 is 9.47 Å². The number of ether oxygens (including phenoxy) is 2. The molecule has 2 atom stereocenters. The van der Waals surface area contributed by atoms with Crippen LogP contribution in [0.15, 0.2) is 30.3 Å². The maximum atomic E-state index is 12.8. The smallest absolute Gasteiger partial charge is 0.239 e. The zero-order valence-electron chi connectivity index (χ0n) is 15.7. The average molecular weight is 354 g/mol. The largest absolute Gasteiger partial charge is 0.497 e. The van der Waals surface area contributed by atoms with Crippen LogP contribution in [-0.2, 0) is 11.3 Å². The summed E-state index contributed by atoms with van der Waals surface area (Å²) in [6.45, 7) is 4.56. The van der Waals surface area contributed by atoms with Gasteiger partial charge in [0, 0.05) is 31.2 Å². The van der Waals surface area contributed by atoms with E-state index in [9.17, 15) is 4.79 Å². The van der Waals surface area contributed by atoms with Crippen LogP contribution in [0.2, 0.25) is 0 Å². The molecule has 2 saturated heterocycles. The molecule has 2 heterocycles. The highest BCUT2D eigenvalue weighted by atomic mass is 16.5. The molecule has 2 aliphatic heterocycles. The van der Waals surface area contributed by atoms with Crippen molar-refractivity contribution in [3.8, 4) is 11.5 Å². The highest BCUT2D eigenvalue weighted by Crippen LogP contribution is 2.34. The summed E-state index contributed by atoms with van der Waals surface area (Å²) in [6.07, 6.45) is 2.22. The van der Waals surface area contributed by atoms with Crippen LogP contribution in [0.25, 0.3) is 10.8 Å². The molecule has 2 aromatic carbocycles. The number of carbonyl (C=O) groups excluding carboxylic acids is 1. The molecule has 2 aromatic rings. The lowest BCUT2D eigenvalue weighted by Crippen LogP contribution is -2.58. The van der Waals surface area contributed by atoms with Gasteiger partial charge in [0.25, 0.3) is 0 Å². The van der Waals surface area contributed by atoms with Gasteiger partial charge in [-0.3, -0.25) is 9.69 Å². The van der Waals surface area contributed by atoms with Crippen molar-refractivity contribution in [1.82, 2.24) is 9.80 Å². The summed E-state index contributed by atoms with van der Waals surface area (Å²) < 4.78 is 11.1. The van der Waals surface area contributed by atoms with Crippen LogP contribution in [0.3, 0.4) is 0 Å². The zero-order valence-corrected chi connectivity index (χ0v) is 15.7. The highest BCUT2D eigenvalue weighted by Gasteiger charge is 2.40. The molecule has 0 spiro atoms. The molecular formula is C21H26N2O3. The van der Waals surface area contributed by atoms with E-state index in [1.807, 2.05) is 19.1 Å². The van der Waals surface area contributed by atoms with E-state index >= 15 is 0 Å². The number of piperazine rings is 1. The molecule has 26 heavy (non-hydrogen) atoms. The van der Waals surface area contributed by atoms with Gasteiger partial charge in [0.15, 0.2) is 0 Å². The minimum absolute atomic E-state index is 0.102. The highest BCUT2D eigenvalue weighted by molar-refractivity contribution is 5.89. The topological polar surface area (TPSA) is 42.0 Å². The van der Waals surface area contributed by atoms with Crippen LogP contribution >= 0.6 is 0 Å². The number of fused-ring (bicyclic) bond motifs is 2. The summed E-state index contributed by atoms with van der Waals surface area (Å²) in [5.74, 6) is 1.95. The first kappa shape index (κ1) is 17.2. The third kappa shape index (κ3) is 2.80. The van der Waals surface area contributed by atoms with Gasteiger partial charge in [-0.1, -0.05) is 12.1 Å². The lowest BCUT2D eigenvalue weighted by molar-refractivity contribution is -0.143. The number of amides is 1. The molecular weight excluding hydrogens is 328 g/mol. The van der Waals surface area contributed by atoms with Gasteiger partial charge in [0.05, 0.1) is 20.3 Å². The van der Waals surface area contributed by atoms with Gasteiger partial charge in [0.1, 0.15) is 11.5 Å². The minimum atomic E-state index is -0.102. The SMILES string of the molecule is COc1ccc2ccc(OC)c(CN3C[C@@H]4CCCN4C(=O)[C@@H]3C)c2c1. The number of benzene rings is 2. The molecule has 5 heteroatoms. The standard InChI is InChI=1S/C21H26N2O3/c1-14-21(24)23-10-4-5-16(23)12-22(14)13-19-18-11-17(25-2)8-6-15(18)7-9-20(19)26-3/h6-9,11,14,16H,4-5,10,12-13H2,1-3H3/t14-,16-/m0/s1. The normalized spacial score (nSPS) is 23.3. The Morgan fingerprint density at radius 2 is 1.96 bits per heavy atom. The Kier molecular flexibility index (Phi) is 4.49. The van der Waals surface area contributed by atoms with Crippen LogP contribution in [0.4, 0.5) is 0 Å². The predicted molar refractivity (Wildman–Crippen MR) is 102 cm³/mol. The molecule has 138 valence electrons. The molecule has 5 nitrogen and oxygen atoms in total. The quantitative estimate of drug-likeness (QED) is 0.846. The molecule has 2 fully saturated rings. The second-order valence-corrected chi connectivity index (χ2v) is 7.27. The second kappa shape index (κ2) is 6.80. The Morgan fingerprint density at radius 1 is 1.15 bits per heavy atom. The van der Waals surface area contributed by atoms with E-state index < -0.39 is 0 Å². The number of methoxy groups -OCH3 is 2. The molecule has 4 rings (SSSR count). The van der Waals surface area contributed by atoms with E-state index in [-0.39, 0.29) is 11.9 Å². The van der Waals surface area contributed by atoms with Crippen molar-refractivity contribution in [2.75, 3.05) is 27.3 Å². The van der Waals surface area contributed by atoms with Crippen molar-refractivity contribution in [3.05, 3.63) is 35.9 Å². The van der Waals surface area contributed by atoms with Gasteiger partial charge in [0.2, 0.25) is 5.91 Å². The summed E-state index contributed by atoms with van der Waals surface area (Å²) >= 11 is 0. The van der Waals surface area contributed by atoms with Gasteiger partial charge in [-0.15, -0.1) is 0 Å². The van der Waals surface area contributed by atoms with Gasteiger partial charge >= 0.3 is 0 Å². The van der Waals surface area contributed by atoms with E-state index in [1.165, 1.54) is 0 Å². The van der Waals surface area contributed by atoms with Crippen LogP contribution in [0.5, 0.6) is 11.5 Å². The third-order valence-corrected chi connectivity index (χ3v) is 5.89. The Labute approximate surface area is 154 Å². The number of hydrogen-bond donors (Lipinski definition) is 0. The second-order valence-electron chi connectivity index (χ2n) is 7.27. The zero-order chi connectivity index (χ0) is 18.3. The number of rotatable bonds is 4. The fourth-order valence-corrected chi connectivity index (χ4v) is 4.37. The first-order valence-corrected chi connectivity index (χ1v) is 9.30. The fourth-order valence-electron chi connectivity index (χ4n) is 4.37. The predicted octanol–water partition coefficient (Wildman–Crippen LogP) is 3.05. The Hall–Kier alpha value is -2.27. The van der Waals surface area contributed by atoms with E-state index in [0.717, 1.165) is 53.8 Å². The number of hydrogen-bond acceptors (Lipinski definition) is 4. The Balaban J connectivity index is 1.72. The van der Waals surface area contributed by atoms with E-state index in [0.29, 0.717) is 12.6 Å². The summed E-state index contributed by atoms with van der Waals surface area (Å²) in [4.78, 5) is 17.1. The maximum Gasteiger partial charge on any atom is 0.239 e. The molecule has 0 unspecified atom stereocenters. The van der Waals surface area contributed by atoms with Crippen LogP contribution in [0, 0.1) is 0 Å². The lowest BCUT2D eigenvalue weighted by Gasteiger charge is -2.41. The molecule has 1 amide bonds. The Morgan fingerprint density at radius 3 is 2.73 bits per heavy atom. The molecule has 0 radical (unpaired) electrons. The van der Waals surface area contributed by atoms with Crippen molar-refractivity contribution in [3.63, 3.8) is 0 Å². The molecule has 2 aliphatic rings. The summed E-state index contributed by atoms with van der Waals surface area (Å²) in [7, 11) is 3.38. The van der Waals surface area contributed by atoms with Crippen LogP contribution in [0.1, 0.15) is 25.3 Å².